The predicted octanol–water partition coefficient (Wildman–Crippen LogP) is 2.58. The van der Waals surface area contributed by atoms with Crippen LogP contribution in [0.15, 0.2) is 18.3 Å². The van der Waals surface area contributed by atoms with Gasteiger partial charge in [0.05, 0.1) is 5.25 Å². The molecule has 0 aromatic carbocycles. The Bertz CT molecular complexity index is 603. The topological polar surface area (TPSA) is 65.4 Å². The second-order valence-electron chi connectivity index (χ2n) is 6.04. The molecule has 118 valence electrons. The molecule has 6 heteroatoms. The fraction of sp³-hybridized carbons (Fsp3) is 0.667. The van der Waals surface area contributed by atoms with Crippen LogP contribution in [-0.4, -0.2) is 36.6 Å². The first-order chi connectivity index (χ1) is 9.79. The molecule has 0 aliphatic heterocycles. The van der Waals surface area contributed by atoms with Crippen LogP contribution in [0.4, 0.5) is 0 Å². The van der Waals surface area contributed by atoms with Gasteiger partial charge in [0.15, 0.2) is 0 Å². The smallest absolute Gasteiger partial charge is 0.355 e. The van der Waals surface area contributed by atoms with Gasteiger partial charge >= 0.3 is 5.97 Å². The fourth-order valence-corrected chi connectivity index (χ4v) is 3.99. The van der Waals surface area contributed by atoms with Gasteiger partial charge in [-0.15, -0.1) is 0 Å². The molecule has 1 aromatic heterocycles. The Kier molecular flexibility index (Phi) is 4.76. The molecular formula is C15H23NO4S. The van der Waals surface area contributed by atoms with Gasteiger partial charge in [-0.3, -0.25) is 0 Å². The summed E-state index contributed by atoms with van der Waals surface area (Å²) < 4.78 is 30.7. The number of carbonyl (C=O) groups is 1. The first-order valence-electron chi connectivity index (χ1n) is 7.35. The standard InChI is InChI=1S/C15H23NO4S/c1-11(2)16-9-5-8-14(16)15(17)20-12-6-4-7-13(10-12)21(3,18)19/h5,8-9,11-13H,4,6-7,10H2,1-3H3. The Morgan fingerprint density at radius 3 is 2.71 bits per heavy atom. The molecule has 0 radical (unpaired) electrons. The van der Waals surface area contributed by atoms with Crippen LogP contribution in [0.5, 0.6) is 0 Å². The normalized spacial score (nSPS) is 23.2. The maximum absolute atomic E-state index is 12.3. The molecule has 1 aromatic rings. The maximum atomic E-state index is 12.3. The second-order valence-corrected chi connectivity index (χ2v) is 8.37. The number of hydrogen-bond donors (Lipinski definition) is 0. The van der Waals surface area contributed by atoms with Gasteiger partial charge in [0.2, 0.25) is 0 Å². The fourth-order valence-electron chi connectivity index (χ4n) is 2.83. The van der Waals surface area contributed by atoms with Gasteiger partial charge < -0.3 is 9.30 Å². The van der Waals surface area contributed by atoms with Crippen LogP contribution in [0, 0.1) is 0 Å². The van der Waals surface area contributed by atoms with Crippen LogP contribution in [0.3, 0.4) is 0 Å². The van der Waals surface area contributed by atoms with E-state index in [2.05, 4.69) is 0 Å². The van der Waals surface area contributed by atoms with Crippen molar-refractivity contribution in [2.45, 2.75) is 56.9 Å². The average molecular weight is 313 g/mol. The summed E-state index contributed by atoms with van der Waals surface area (Å²) in [5.41, 5.74) is 0.520. The van der Waals surface area contributed by atoms with Gasteiger partial charge in [0.1, 0.15) is 21.6 Å². The lowest BCUT2D eigenvalue weighted by Crippen LogP contribution is -2.33. The van der Waals surface area contributed by atoms with E-state index in [1.165, 1.54) is 6.26 Å². The third-order valence-corrected chi connectivity index (χ3v) is 5.64. The lowest BCUT2D eigenvalue weighted by Gasteiger charge is -2.28. The third kappa shape index (κ3) is 3.87. The molecule has 2 unspecified atom stereocenters. The molecule has 0 spiro atoms. The van der Waals surface area contributed by atoms with Crippen LogP contribution in [-0.2, 0) is 14.6 Å². The first-order valence-corrected chi connectivity index (χ1v) is 9.31. The number of aromatic nitrogens is 1. The zero-order valence-corrected chi connectivity index (χ0v) is 13.6. The summed E-state index contributed by atoms with van der Waals surface area (Å²) in [6.07, 6.45) is 5.39. The molecule has 1 aliphatic rings. The average Bonchev–Trinajstić information content (AvgIpc) is 2.87. The maximum Gasteiger partial charge on any atom is 0.355 e. The van der Waals surface area contributed by atoms with Crippen molar-refractivity contribution in [1.82, 2.24) is 4.57 Å². The van der Waals surface area contributed by atoms with Crippen molar-refractivity contribution in [3.8, 4) is 0 Å². The van der Waals surface area contributed by atoms with Gasteiger partial charge in [-0.25, -0.2) is 13.2 Å². The summed E-state index contributed by atoms with van der Waals surface area (Å²) >= 11 is 0. The monoisotopic (exact) mass is 313 g/mol. The Balaban J connectivity index is 2.04. The van der Waals surface area contributed by atoms with Crippen LogP contribution < -0.4 is 0 Å². The predicted molar refractivity (Wildman–Crippen MR) is 81.1 cm³/mol. The zero-order chi connectivity index (χ0) is 15.6. The first kappa shape index (κ1) is 16.1. The van der Waals surface area contributed by atoms with E-state index in [0.717, 1.165) is 12.8 Å². The van der Waals surface area contributed by atoms with E-state index in [-0.39, 0.29) is 23.4 Å². The second kappa shape index (κ2) is 6.22. The summed E-state index contributed by atoms with van der Waals surface area (Å²) in [5, 5.41) is -0.388. The molecule has 0 bridgehead atoms. The van der Waals surface area contributed by atoms with Gasteiger partial charge in [-0.05, 0) is 45.2 Å². The van der Waals surface area contributed by atoms with E-state index in [1.54, 1.807) is 6.07 Å². The zero-order valence-electron chi connectivity index (χ0n) is 12.8. The van der Waals surface area contributed by atoms with E-state index >= 15 is 0 Å². The molecule has 1 heterocycles. The Labute approximate surface area is 126 Å². The summed E-state index contributed by atoms with van der Waals surface area (Å²) in [7, 11) is -3.07. The molecule has 0 saturated heterocycles. The Morgan fingerprint density at radius 2 is 2.10 bits per heavy atom. The van der Waals surface area contributed by atoms with E-state index in [0.29, 0.717) is 18.5 Å². The van der Waals surface area contributed by atoms with E-state index in [9.17, 15) is 13.2 Å². The highest BCUT2D eigenvalue weighted by Gasteiger charge is 2.31. The highest BCUT2D eigenvalue weighted by Crippen LogP contribution is 2.26. The summed E-state index contributed by atoms with van der Waals surface area (Å²) in [4.78, 5) is 12.3. The molecular weight excluding hydrogens is 290 g/mol. The van der Waals surface area contributed by atoms with E-state index < -0.39 is 9.84 Å². The van der Waals surface area contributed by atoms with E-state index in [1.807, 2.05) is 30.7 Å². The molecule has 0 amide bonds. The van der Waals surface area contributed by atoms with Crippen molar-refractivity contribution in [3.63, 3.8) is 0 Å². The third-order valence-electron chi connectivity index (χ3n) is 4.00. The summed E-state index contributed by atoms with van der Waals surface area (Å²) in [5.74, 6) is -0.368. The quantitative estimate of drug-likeness (QED) is 0.801. The van der Waals surface area contributed by atoms with Gasteiger partial charge in [-0.1, -0.05) is 0 Å². The minimum atomic E-state index is -3.07. The van der Waals surface area contributed by atoms with Crippen molar-refractivity contribution in [1.29, 1.82) is 0 Å². The summed E-state index contributed by atoms with van der Waals surface area (Å²) in [6, 6.07) is 3.73. The SMILES string of the molecule is CC(C)n1cccc1C(=O)OC1CCCC(S(C)(=O)=O)C1. The van der Waals surface area contributed by atoms with Crippen molar-refractivity contribution < 1.29 is 17.9 Å². The minimum Gasteiger partial charge on any atom is -0.458 e. The largest absolute Gasteiger partial charge is 0.458 e. The highest BCUT2D eigenvalue weighted by molar-refractivity contribution is 7.91. The lowest BCUT2D eigenvalue weighted by atomic mass is 9.97. The van der Waals surface area contributed by atoms with Crippen molar-refractivity contribution in [3.05, 3.63) is 24.0 Å². The van der Waals surface area contributed by atoms with Gasteiger partial charge in [0.25, 0.3) is 0 Å². The molecule has 1 saturated carbocycles. The van der Waals surface area contributed by atoms with Crippen molar-refractivity contribution in [2.75, 3.05) is 6.26 Å². The summed E-state index contributed by atoms with van der Waals surface area (Å²) in [6.45, 7) is 3.99. The van der Waals surface area contributed by atoms with Gasteiger partial charge in [-0.2, -0.15) is 0 Å². The molecule has 2 rings (SSSR count). The molecule has 1 fully saturated rings. The Morgan fingerprint density at radius 1 is 1.38 bits per heavy atom. The number of rotatable bonds is 4. The number of ether oxygens (including phenoxy) is 1. The molecule has 21 heavy (non-hydrogen) atoms. The van der Waals surface area contributed by atoms with Crippen LogP contribution in [0.25, 0.3) is 0 Å². The molecule has 0 N–H and O–H groups in total. The number of esters is 1. The number of nitrogens with zero attached hydrogens (tertiary/aromatic N) is 1. The van der Waals surface area contributed by atoms with E-state index in [4.69, 9.17) is 4.74 Å². The molecule has 1 aliphatic carbocycles. The van der Waals surface area contributed by atoms with Gasteiger partial charge in [0, 0.05) is 24.9 Å². The lowest BCUT2D eigenvalue weighted by molar-refractivity contribution is 0.0201. The Hall–Kier alpha value is -1.30. The molecule has 5 nitrogen and oxygen atoms in total. The highest BCUT2D eigenvalue weighted by atomic mass is 32.2. The minimum absolute atomic E-state index is 0.178. The molecule has 2 atom stereocenters. The van der Waals surface area contributed by atoms with Crippen molar-refractivity contribution in [2.24, 2.45) is 0 Å². The van der Waals surface area contributed by atoms with Crippen LogP contribution >= 0.6 is 0 Å². The number of sulfone groups is 1. The number of hydrogen-bond acceptors (Lipinski definition) is 4. The van der Waals surface area contributed by atoms with Crippen LogP contribution in [0.2, 0.25) is 0 Å². The number of carbonyl (C=O) groups excluding carboxylic acids is 1. The van der Waals surface area contributed by atoms with Crippen LogP contribution in [0.1, 0.15) is 56.1 Å². The van der Waals surface area contributed by atoms with Crippen molar-refractivity contribution >= 4 is 15.8 Å².